The summed E-state index contributed by atoms with van der Waals surface area (Å²) in [6.07, 6.45) is 3.44. The third-order valence-corrected chi connectivity index (χ3v) is 3.32. The SMILES string of the molecule is CCCCc1ccc(Oc2ccc(CO)cc2C#N)cc1. The second-order valence-corrected chi connectivity index (χ2v) is 4.95. The molecule has 0 atom stereocenters. The summed E-state index contributed by atoms with van der Waals surface area (Å²) in [5.41, 5.74) is 2.42. The highest BCUT2D eigenvalue weighted by Crippen LogP contribution is 2.26. The standard InChI is InChI=1S/C18H19NO2/c1-2-3-4-14-5-8-17(9-6-14)21-18-10-7-15(13-20)11-16(18)12-19/h5-11,20H,2-4,13H2,1H3. The highest BCUT2D eigenvalue weighted by atomic mass is 16.5. The van der Waals surface area contributed by atoms with Crippen molar-refractivity contribution in [3.63, 3.8) is 0 Å². The van der Waals surface area contributed by atoms with Crippen LogP contribution in [0.2, 0.25) is 0 Å². The van der Waals surface area contributed by atoms with E-state index in [-0.39, 0.29) is 6.61 Å². The van der Waals surface area contributed by atoms with Gasteiger partial charge in [-0.3, -0.25) is 0 Å². The average Bonchev–Trinajstić information content (AvgIpc) is 2.54. The summed E-state index contributed by atoms with van der Waals surface area (Å²) in [5, 5.41) is 18.2. The molecule has 0 aliphatic heterocycles. The van der Waals surface area contributed by atoms with Crippen LogP contribution in [-0.4, -0.2) is 5.11 Å². The zero-order valence-electron chi connectivity index (χ0n) is 12.2. The largest absolute Gasteiger partial charge is 0.456 e. The maximum atomic E-state index is 9.15. The Labute approximate surface area is 125 Å². The smallest absolute Gasteiger partial charge is 0.145 e. The van der Waals surface area contributed by atoms with E-state index in [0.29, 0.717) is 22.6 Å². The van der Waals surface area contributed by atoms with Gasteiger partial charge in [-0.1, -0.05) is 31.5 Å². The number of hydrogen-bond donors (Lipinski definition) is 1. The Kier molecular flexibility index (Phi) is 5.36. The van der Waals surface area contributed by atoms with Gasteiger partial charge in [-0.25, -0.2) is 0 Å². The Morgan fingerprint density at radius 1 is 1.10 bits per heavy atom. The van der Waals surface area contributed by atoms with E-state index >= 15 is 0 Å². The molecule has 21 heavy (non-hydrogen) atoms. The highest BCUT2D eigenvalue weighted by Gasteiger charge is 2.06. The van der Waals surface area contributed by atoms with E-state index in [2.05, 4.69) is 25.1 Å². The molecule has 0 aliphatic rings. The molecule has 2 aromatic carbocycles. The molecule has 1 N–H and O–H groups in total. The number of hydrogen-bond acceptors (Lipinski definition) is 3. The average molecular weight is 281 g/mol. The molecule has 3 nitrogen and oxygen atoms in total. The second kappa shape index (κ2) is 7.47. The minimum absolute atomic E-state index is 0.0823. The predicted octanol–water partition coefficient (Wildman–Crippen LogP) is 4.19. The molecule has 0 saturated carbocycles. The summed E-state index contributed by atoms with van der Waals surface area (Å²) in [5.74, 6) is 1.22. The molecular weight excluding hydrogens is 262 g/mol. The lowest BCUT2D eigenvalue weighted by Crippen LogP contribution is -1.92. The van der Waals surface area contributed by atoms with E-state index in [1.54, 1.807) is 18.2 Å². The lowest BCUT2D eigenvalue weighted by molar-refractivity contribution is 0.281. The van der Waals surface area contributed by atoms with Gasteiger partial charge in [0.15, 0.2) is 0 Å². The molecule has 2 aromatic rings. The van der Waals surface area contributed by atoms with Gasteiger partial charge in [0.2, 0.25) is 0 Å². The molecule has 0 spiro atoms. The predicted molar refractivity (Wildman–Crippen MR) is 82.2 cm³/mol. The van der Waals surface area contributed by atoms with E-state index in [1.807, 2.05) is 12.1 Å². The lowest BCUT2D eigenvalue weighted by atomic mass is 10.1. The number of aliphatic hydroxyl groups is 1. The maximum absolute atomic E-state index is 9.15. The fourth-order valence-electron chi connectivity index (χ4n) is 2.08. The first-order valence-corrected chi connectivity index (χ1v) is 7.17. The van der Waals surface area contributed by atoms with E-state index in [4.69, 9.17) is 15.1 Å². The summed E-state index contributed by atoms with van der Waals surface area (Å²) < 4.78 is 5.76. The van der Waals surface area contributed by atoms with Crippen LogP contribution in [0.25, 0.3) is 0 Å². The van der Waals surface area contributed by atoms with Crippen LogP contribution < -0.4 is 4.74 Å². The molecule has 108 valence electrons. The van der Waals surface area contributed by atoms with Crippen LogP contribution in [0.4, 0.5) is 0 Å². The van der Waals surface area contributed by atoms with Gasteiger partial charge >= 0.3 is 0 Å². The van der Waals surface area contributed by atoms with Gasteiger partial charge in [-0.05, 0) is 48.2 Å². The molecule has 3 heteroatoms. The Morgan fingerprint density at radius 2 is 1.81 bits per heavy atom. The summed E-state index contributed by atoms with van der Waals surface area (Å²) in [4.78, 5) is 0. The number of aliphatic hydroxyl groups excluding tert-OH is 1. The van der Waals surface area contributed by atoms with Gasteiger partial charge in [0, 0.05) is 0 Å². The fraction of sp³-hybridized carbons (Fsp3) is 0.278. The molecule has 0 radical (unpaired) electrons. The van der Waals surface area contributed by atoms with E-state index in [1.165, 1.54) is 18.4 Å². The first kappa shape index (κ1) is 15.1. The van der Waals surface area contributed by atoms with Gasteiger partial charge in [0.25, 0.3) is 0 Å². The molecule has 2 rings (SSSR count). The number of nitriles is 1. The Hall–Kier alpha value is -2.31. The third kappa shape index (κ3) is 4.08. The first-order chi connectivity index (χ1) is 10.3. The van der Waals surface area contributed by atoms with Crippen molar-refractivity contribution >= 4 is 0 Å². The number of nitrogens with zero attached hydrogens (tertiary/aromatic N) is 1. The van der Waals surface area contributed by atoms with E-state index in [0.717, 1.165) is 6.42 Å². The Bertz CT molecular complexity index is 627. The third-order valence-electron chi connectivity index (χ3n) is 3.32. The molecule has 0 aromatic heterocycles. The fourth-order valence-corrected chi connectivity index (χ4v) is 2.08. The van der Waals surface area contributed by atoms with Crippen molar-refractivity contribution < 1.29 is 9.84 Å². The lowest BCUT2D eigenvalue weighted by Gasteiger charge is -2.09. The normalized spacial score (nSPS) is 10.1. The molecule has 0 amide bonds. The molecular formula is C18H19NO2. The van der Waals surface area contributed by atoms with Gasteiger partial charge in [0.1, 0.15) is 17.6 Å². The number of ether oxygens (including phenoxy) is 1. The van der Waals surface area contributed by atoms with Crippen molar-refractivity contribution in [1.82, 2.24) is 0 Å². The highest BCUT2D eigenvalue weighted by molar-refractivity contribution is 5.47. The van der Waals surface area contributed by atoms with Crippen molar-refractivity contribution in [3.8, 4) is 17.6 Å². The summed E-state index contributed by atoms with van der Waals surface area (Å²) in [7, 11) is 0. The van der Waals surface area contributed by atoms with Crippen LogP contribution in [0, 0.1) is 11.3 Å². The summed E-state index contributed by atoms with van der Waals surface area (Å²) in [6.45, 7) is 2.10. The number of benzene rings is 2. The quantitative estimate of drug-likeness (QED) is 0.864. The summed E-state index contributed by atoms with van der Waals surface area (Å²) >= 11 is 0. The minimum Gasteiger partial charge on any atom is -0.456 e. The number of aryl methyl sites for hydroxylation is 1. The number of unbranched alkanes of at least 4 members (excludes halogenated alkanes) is 1. The molecule has 0 aliphatic carbocycles. The van der Waals surface area contributed by atoms with Gasteiger partial charge < -0.3 is 9.84 Å². The molecule has 0 heterocycles. The second-order valence-electron chi connectivity index (χ2n) is 4.95. The van der Waals surface area contributed by atoms with Crippen molar-refractivity contribution in [1.29, 1.82) is 5.26 Å². The van der Waals surface area contributed by atoms with Crippen LogP contribution in [0.5, 0.6) is 11.5 Å². The maximum Gasteiger partial charge on any atom is 0.145 e. The number of rotatable bonds is 6. The van der Waals surface area contributed by atoms with Crippen LogP contribution >= 0.6 is 0 Å². The van der Waals surface area contributed by atoms with Gasteiger partial charge in [-0.15, -0.1) is 0 Å². The Morgan fingerprint density at radius 3 is 2.43 bits per heavy atom. The summed E-state index contributed by atoms with van der Waals surface area (Å²) in [6, 6.07) is 15.2. The zero-order chi connectivity index (χ0) is 15.1. The van der Waals surface area contributed by atoms with Crippen LogP contribution in [0.1, 0.15) is 36.5 Å². The zero-order valence-corrected chi connectivity index (χ0v) is 12.2. The minimum atomic E-state index is -0.0823. The van der Waals surface area contributed by atoms with E-state index in [9.17, 15) is 0 Å². The van der Waals surface area contributed by atoms with Crippen molar-refractivity contribution in [2.45, 2.75) is 32.8 Å². The topological polar surface area (TPSA) is 53.2 Å². The van der Waals surface area contributed by atoms with Crippen molar-refractivity contribution in [3.05, 3.63) is 59.2 Å². The van der Waals surface area contributed by atoms with Crippen molar-refractivity contribution in [2.24, 2.45) is 0 Å². The molecule has 0 bridgehead atoms. The van der Waals surface area contributed by atoms with Crippen LogP contribution in [-0.2, 0) is 13.0 Å². The Balaban J connectivity index is 2.13. The van der Waals surface area contributed by atoms with Crippen LogP contribution in [0.15, 0.2) is 42.5 Å². The van der Waals surface area contributed by atoms with Gasteiger partial charge in [0.05, 0.1) is 12.2 Å². The van der Waals surface area contributed by atoms with Crippen molar-refractivity contribution in [2.75, 3.05) is 0 Å². The first-order valence-electron chi connectivity index (χ1n) is 7.17. The monoisotopic (exact) mass is 281 g/mol. The molecule has 0 unspecified atom stereocenters. The van der Waals surface area contributed by atoms with Gasteiger partial charge in [-0.2, -0.15) is 5.26 Å². The van der Waals surface area contributed by atoms with Crippen LogP contribution in [0.3, 0.4) is 0 Å². The van der Waals surface area contributed by atoms with E-state index < -0.39 is 0 Å². The molecule has 0 saturated heterocycles. The molecule has 0 fully saturated rings.